The van der Waals surface area contributed by atoms with Gasteiger partial charge in [0.1, 0.15) is 12.6 Å². The molecule has 7 nitrogen and oxygen atoms in total. The van der Waals surface area contributed by atoms with E-state index in [0.29, 0.717) is 22.2 Å². The van der Waals surface area contributed by atoms with E-state index in [-0.39, 0.29) is 33.6 Å². The van der Waals surface area contributed by atoms with Crippen molar-refractivity contribution in [2.75, 3.05) is 17.4 Å². The van der Waals surface area contributed by atoms with Crippen LogP contribution in [0.15, 0.2) is 95.9 Å². The highest BCUT2D eigenvalue weighted by Crippen LogP contribution is 2.31. The molecule has 45 heavy (non-hydrogen) atoms. The number of rotatable bonds is 12. The summed E-state index contributed by atoms with van der Waals surface area (Å²) in [6, 6.07) is 23.6. The number of sulfonamides is 1. The zero-order chi connectivity index (χ0) is 32.7. The van der Waals surface area contributed by atoms with Crippen LogP contribution >= 0.6 is 46.4 Å². The van der Waals surface area contributed by atoms with E-state index in [2.05, 4.69) is 5.32 Å². The summed E-state index contributed by atoms with van der Waals surface area (Å²) in [6.45, 7) is 3.07. The van der Waals surface area contributed by atoms with Crippen LogP contribution in [0.2, 0.25) is 20.1 Å². The van der Waals surface area contributed by atoms with Crippen LogP contribution < -0.4 is 9.62 Å². The smallest absolute Gasteiger partial charge is 0.264 e. The molecule has 4 aromatic rings. The molecule has 236 valence electrons. The summed E-state index contributed by atoms with van der Waals surface area (Å²) in [5.74, 6) is -1.10. The van der Waals surface area contributed by atoms with Gasteiger partial charge in [-0.1, -0.05) is 100 Å². The number of nitrogens with one attached hydrogen (secondary N) is 1. The van der Waals surface area contributed by atoms with Crippen molar-refractivity contribution in [2.45, 2.75) is 37.8 Å². The Morgan fingerprint density at radius 1 is 0.822 bits per heavy atom. The molecule has 0 aliphatic rings. The summed E-state index contributed by atoms with van der Waals surface area (Å²) < 4.78 is 29.2. The molecule has 1 N–H and O–H groups in total. The van der Waals surface area contributed by atoms with Crippen LogP contribution in [0.4, 0.5) is 5.69 Å². The molecule has 0 aliphatic heterocycles. The summed E-state index contributed by atoms with van der Waals surface area (Å²) >= 11 is 25.6. The number of hydrogen-bond acceptors (Lipinski definition) is 4. The molecule has 1 atom stereocenters. The quantitative estimate of drug-likeness (QED) is 0.165. The number of likely N-dealkylation sites (N-methyl/N-ethyl adjacent to an activating group) is 1. The van der Waals surface area contributed by atoms with Crippen molar-refractivity contribution in [3.05, 3.63) is 128 Å². The Balaban J connectivity index is 1.85. The third-order valence-corrected chi connectivity index (χ3v) is 9.97. The summed E-state index contributed by atoms with van der Waals surface area (Å²) in [7, 11) is -4.32. The van der Waals surface area contributed by atoms with Crippen LogP contribution in [0.25, 0.3) is 0 Å². The van der Waals surface area contributed by atoms with Crippen molar-refractivity contribution < 1.29 is 18.0 Å². The van der Waals surface area contributed by atoms with Gasteiger partial charge in [0.05, 0.1) is 10.6 Å². The molecule has 0 saturated heterocycles. The van der Waals surface area contributed by atoms with Gasteiger partial charge in [-0.2, -0.15) is 0 Å². The number of carbonyl (C=O) groups excluding carboxylic acids is 2. The topological polar surface area (TPSA) is 86.8 Å². The van der Waals surface area contributed by atoms with Gasteiger partial charge in [-0.25, -0.2) is 8.42 Å². The zero-order valence-corrected chi connectivity index (χ0v) is 28.4. The van der Waals surface area contributed by atoms with Gasteiger partial charge in [-0.05, 0) is 61.9 Å². The van der Waals surface area contributed by atoms with Crippen LogP contribution in [-0.4, -0.2) is 44.3 Å². The Bertz CT molecular complexity index is 1730. The van der Waals surface area contributed by atoms with Crippen LogP contribution in [-0.2, 0) is 32.6 Å². The molecular weight excluding hydrogens is 676 g/mol. The van der Waals surface area contributed by atoms with E-state index in [1.165, 1.54) is 35.2 Å². The molecule has 0 saturated carbocycles. The van der Waals surface area contributed by atoms with Gasteiger partial charge in [-0.3, -0.25) is 13.9 Å². The lowest BCUT2D eigenvalue weighted by atomic mass is 10.0. The largest absolute Gasteiger partial charge is 0.355 e. The second-order valence-corrected chi connectivity index (χ2v) is 13.8. The van der Waals surface area contributed by atoms with Crippen LogP contribution in [0.1, 0.15) is 23.6 Å². The van der Waals surface area contributed by atoms with Gasteiger partial charge in [-0.15, -0.1) is 0 Å². The molecule has 0 aromatic heterocycles. The number of benzene rings is 4. The summed E-state index contributed by atoms with van der Waals surface area (Å²) in [6.07, 6.45) is 0.147. The van der Waals surface area contributed by atoms with E-state index < -0.39 is 34.4 Å². The Labute approximate surface area is 283 Å². The molecule has 0 heterocycles. The van der Waals surface area contributed by atoms with E-state index >= 15 is 0 Å². The van der Waals surface area contributed by atoms with Gasteiger partial charge in [0.25, 0.3) is 10.0 Å². The van der Waals surface area contributed by atoms with Crippen molar-refractivity contribution in [1.29, 1.82) is 0 Å². The first-order chi connectivity index (χ1) is 21.4. The van der Waals surface area contributed by atoms with Gasteiger partial charge >= 0.3 is 0 Å². The molecule has 4 aromatic carbocycles. The molecule has 0 radical (unpaired) electrons. The normalized spacial score (nSPS) is 12.0. The number of halogens is 4. The average molecular weight is 708 g/mol. The van der Waals surface area contributed by atoms with Crippen molar-refractivity contribution in [3.63, 3.8) is 0 Å². The summed E-state index contributed by atoms with van der Waals surface area (Å²) in [5, 5.41) is 3.75. The van der Waals surface area contributed by atoms with Crippen molar-refractivity contribution in [1.82, 2.24) is 10.2 Å². The number of amides is 2. The zero-order valence-electron chi connectivity index (χ0n) is 24.5. The first kappa shape index (κ1) is 34.6. The summed E-state index contributed by atoms with van der Waals surface area (Å²) in [4.78, 5) is 29.4. The lowest BCUT2D eigenvalue weighted by Gasteiger charge is -2.34. The lowest BCUT2D eigenvalue weighted by molar-refractivity contribution is -0.140. The Kier molecular flexibility index (Phi) is 11.8. The second-order valence-electron chi connectivity index (χ2n) is 10.3. The van der Waals surface area contributed by atoms with E-state index in [1.807, 2.05) is 37.3 Å². The molecule has 0 spiro atoms. The molecule has 0 bridgehead atoms. The number of hydrogen-bond donors (Lipinski definition) is 1. The fraction of sp³-hybridized carbons (Fsp3) is 0.212. The Hall–Kier alpha value is -3.27. The predicted octanol–water partition coefficient (Wildman–Crippen LogP) is 7.58. The first-order valence-electron chi connectivity index (χ1n) is 14.0. The van der Waals surface area contributed by atoms with E-state index in [4.69, 9.17) is 46.4 Å². The second kappa shape index (κ2) is 15.3. The maximum absolute atomic E-state index is 14.5. The summed E-state index contributed by atoms with van der Waals surface area (Å²) in [5.41, 5.74) is 2.14. The van der Waals surface area contributed by atoms with Gasteiger partial charge in [0.15, 0.2) is 0 Å². The van der Waals surface area contributed by atoms with Crippen LogP contribution in [0, 0.1) is 6.92 Å². The third-order valence-electron chi connectivity index (χ3n) is 7.04. The Morgan fingerprint density at radius 3 is 2.00 bits per heavy atom. The lowest BCUT2D eigenvalue weighted by Crippen LogP contribution is -2.53. The number of anilines is 1. The fourth-order valence-corrected chi connectivity index (χ4v) is 7.18. The SMILES string of the molecule is CCNC(=O)[C@@H](Cc1ccccc1)N(Cc1c(Cl)cccc1Cl)C(=O)CN(c1cc(Cl)cc(Cl)c1)S(=O)(=O)c1ccc(C)cc1. The minimum atomic E-state index is -4.32. The number of aryl methyl sites for hydroxylation is 1. The van der Waals surface area contributed by atoms with Gasteiger partial charge in [0.2, 0.25) is 11.8 Å². The third kappa shape index (κ3) is 8.71. The van der Waals surface area contributed by atoms with E-state index in [0.717, 1.165) is 15.4 Å². The maximum Gasteiger partial charge on any atom is 0.264 e. The number of carbonyl (C=O) groups is 2. The molecule has 0 unspecified atom stereocenters. The Morgan fingerprint density at radius 2 is 1.42 bits per heavy atom. The molecule has 12 heteroatoms. The highest BCUT2D eigenvalue weighted by atomic mass is 35.5. The first-order valence-corrected chi connectivity index (χ1v) is 17.0. The minimum absolute atomic E-state index is 0.0396. The average Bonchev–Trinajstić information content (AvgIpc) is 2.99. The minimum Gasteiger partial charge on any atom is -0.355 e. The van der Waals surface area contributed by atoms with Crippen molar-refractivity contribution in [2.24, 2.45) is 0 Å². The number of nitrogens with zero attached hydrogens (tertiary/aromatic N) is 2. The fourth-order valence-electron chi connectivity index (χ4n) is 4.75. The van der Waals surface area contributed by atoms with E-state index in [1.54, 1.807) is 37.3 Å². The maximum atomic E-state index is 14.5. The van der Waals surface area contributed by atoms with Crippen LogP contribution in [0.5, 0.6) is 0 Å². The van der Waals surface area contributed by atoms with Gasteiger partial charge < -0.3 is 10.2 Å². The van der Waals surface area contributed by atoms with Crippen molar-refractivity contribution in [3.8, 4) is 0 Å². The highest BCUT2D eigenvalue weighted by Gasteiger charge is 2.35. The molecule has 0 fully saturated rings. The van der Waals surface area contributed by atoms with Crippen molar-refractivity contribution >= 4 is 73.9 Å². The predicted molar refractivity (Wildman–Crippen MR) is 182 cm³/mol. The van der Waals surface area contributed by atoms with Crippen LogP contribution in [0.3, 0.4) is 0 Å². The molecule has 2 amide bonds. The molecule has 4 rings (SSSR count). The van der Waals surface area contributed by atoms with Gasteiger partial charge in [0, 0.05) is 45.2 Å². The highest BCUT2D eigenvalue weighted by molar-refractivity contribution is 7.92. The van der Waals surface area contributed by atoms with E-state index in [9.17, 15) is 18.0 Å². The monoisotopic (exact) mass is 705 g/mol. The molecular formula is C33H31Cl4N3O4S. The molecule has 0 aliphatic carbocycles. The standard InChI is InChI=1S/C33H31Cl4N3O4S/c1-3-38-33(42)31(16-23-8-5-4-6-9-23)39(20-28-29(36)10-7-11-30(28)37)32(41)21-40(26-18-24(34)17-25(35)19-26)45(43,44)27-14-12-22(2)13-15-27/h4-15,17-19,31H,3,16,20-21H2,1-2H3,(H,38,42)/t31-/m1/s1.